The fourth-order valence-electron chi connectivity index (χ4n) is 13.8. The van der Waals surface area contributed by atoms with Crippen LogP contribution < -0.4 is 27.0 Å². The highest BCUT2D eigenvalue weighted by Crippen LogP contribution is 2.68. The molecule has 118 heavy (non-hydrogen) atoms. The summed E-state index contributed by atoms with van der Waals surface area (Å²) in [6, 6.07) is 15.6. The number of Topliss-reactive ketones (excluding diaryl/α,β-unsaturated/α-hetero) is 1. The van der Waals surface area contributed by atoms with Crippen molar-refractivity contribution in [2.75, 3.05) is 49.2 Å². The number of nitrogens with zero attached hydrogens (tertiary/aromatic N) is 4. The third kappa shape index (κ3) is 28.9. The Morgan fingerprint density at radius 1 is 0.712 bits per heavy atom. The molecule has 12 N–H and O–H groups in total. The number of fused-ring (bicyclic) bond motifs is 6. The van der Waals surface area contributed by atoms with Gasteiger partial charge in [0.25, 0.3) is 20.2 Å². The van der Waals surface area contributed by atoms with Crippen LogP contribution in [0.25, 0.3) is 21.5 Å². The number of nitrogens with two attached hydrogens (primary N) is 1. The Balaban J connectivity index is 0.00000258. The number of allylic oxidation sites excluding steroid dienone is 6. The van der Waals surface area contributed by atoms with Gasteiger partial charge in [0.15, 0.2) is 11.5 Å². The van der Waals surface area contributed by atoms with Crippen LogP contribution in [0.2, 0.25) is 0 Å². The smallest absolute Gasteiger partial charge is 0.490 e. The van der Waals surface area contributed by atoms with Gasteiger partial charge >= 0.3 is 62.3 Å². The zero-order chi connectivity index (χ0) is 88.3. The number of ether oxygens (including phenoxy) is 1. The molecule has 8 rings (SSSR count). The number of aromatic nitrogens is 2. The molecule has 1 aromatic heterocycles. The number of aliphatic carboxylic acids is 2. The van der Waals surface area contributed by atoms with E-state index in [1.807, 2.05) is 44.4 Å². The van der Waals surface area contributed by atoms with Crippen molar-refractivity contribution in [3.63, 3.8) is 0 Å². The average Bonchev–Trinajstić information content (AvgIpc) is 1.57. The van der Waals surface area contributed by atoms with Gasteiger partial charge in [0.1, 0.15) is 34.5 Å². The Hall–Kier alpha value is -8.38. The molecule has 0 aliphatic carbocycles. The molecule has 650 valence electrons. The summed E-state index contributed by atoms with van der Waals surface area (Å²) in [6.45, 7) is 6.63. The summed E-state index contributed by atoms with van der Waals surface area (Å²) in [5, 5.41) is 36.3. The molecule has 50 heteroatoms. The van der Waals surface area contributed by atoms with Gasteiger partial charge in [0.2, 0.25) is 17.5 Å². The molecule has 0 saturated carbocycles. The van der Waals surface area contributed by atoms with E-state index in [0.29, 0.717) is 53.5 Å². The number of carbonyl (C=O) groups excluding carboxylic acids is 3. The second-order valence-corrected chi connectivity index (χ2v) is 37.6. The summed E-state index contributed by atoms with van der Waals surface area (Å²) in [5.41, 5.74) is 7.19. The van der Waals surface area contributed by atoms with Gasteiger partial charge in [-0.3, -0.25) is 46.7 Å². The number of ketones is 1. The number of hydrogen-bond acceptors (Lipinski definition) is 31. The highest BCUT2D eigenvalue weighted by molar-refractivity contribution is 7.86. The van der Waals surface area contributed by atoms with Crippen LogP contribution in [0, 0.1) is 5.92 Å². The van der Waals surface area contributed by atoms with E-state index in [1.165, 1.54) is 36.5 Å². The molecule has 5 aromatic rings. The normalized spacial score (nSPS) is 18.8. The number of phosphoric ester groups is 2. The molecule has 1 saturated heterocycles. The lowest BCUT2D eigenvalue weighted by molar-refractivity contribution is -0.437. The second-order valence-electron chi connectivity index (χ2n) is 27.9. The molecule has 3 aliphatic heterocycles. The molecule has 42 nitrogen and oxygen atoms in total. The van der Waals surface area contributed by atoms with Crippen LogP contribution in [0.4, 0.5) is 17.2 Å². The SMILES string of the molecule is CC1(C)C(/C=C/C=C/C=C2/N(CCCCCC(=O)NC(CCC(=O)O)C(=O)CC(CCC(=O)O)C(=O)NCCCCCCOP(=O)(O)OP(=O)(O)OP(=O)(O)OC[C@H]3O[C@@H](n4ccc(N)nc4=O)C[C@H]3O)c3ccc4c(S(=O)(=O)O)cccc4c3C2(C)C)=[N+](CCCS(=O)(=O)[O-])c2ccc3c(S(=O)(=O)O)cccc3c21.O=S(=O)=O.O=S(=O)=O. The summed E-state index contributed by atoms with van der Waals surface area (Å²) < 4.78 is 220. The van der Waals surface area contributed by atoms with Crippen molar-refractivity contribution in [1.29, 1.82) is 0 Å². The number of anilines is 2. The lowest BCUT2D eigenvalue weighted by Crippen LogP contribution is -2.43. The van der Waals surface area contributed by atoms with E-state index in [2.05, 4.69) is 33.7 Å². The first-order chi connectivity index (χ1) is 54.8. The molecule has 1 fully saturated rings. The quantitative estimate of drug-likeness (QED) is 0.00759. The van der Waals surface area contributed by atoms with E-state index in [0.717, 1.165) is 21.5 Å². The maximum absolute atomic E-state index is 13.9. The Labute approximate surface area is 679 Å². The number of aliphatic hydroxyl groups is 1. The first-order valence-corrected chi connectivity index (χ1v) is 46.7. The summed E-state index contributed by atoms with van der Waals surface area (Å²) in [5.74, 6) is -6.63. The summed E-state index contributed by atoms with van der Waals surface area (Å²) in [7, 11) is -37.0. The number of carboxylic acids is 2. The predicted molar refractivity (Wildman–Crippen MR) is 415 cm³/mol. The first kappa shape index (κ1) is 98.4. The zero-order valence-corrected chi connectivity index (χ0v) is 70.2. The lowest BCUT2D eigenvalue weighted by atomic mass is 9.79. The van der Waals surface area contributed by atoms with Gasteiger partial charge < -0.3 is 60.6 Å². The standard InChI is InChI=1S/C68H88N7O29P3S3.2O3S/c1-67(2)56(22-9-7-10-23-57-68(3,4)64-47-19-16-21-55(110(97,98)99)45(47)27-30-50(64)74(57)36-17-39-108(91,92)93)73(49-29-26-44-46(63(49)67)18-15-20-54(44)109(94,95)96)35-13-8-11-24-59(78)71-48(28-32-62(81)82)51(76)40-43(25-31-61(79)80)65(83)70-34-12-5-6-14-38-100-105(85,86)103-107(89,90)104-106(87,88)101-42-53-52(77)41-60(102-53)75-37-33-58(69)72-66(75)84;2*1-4(2)3/h7,9-10,15-16,18-23,26-27,29-30,33,37,43,48,52-53,60,77H,5-6,8,11-14,17,24-25,28,31-32,34-36,38-42H2,1-4H3,(H11-,69,70,71,72,78,79,80,81,82,83,84,85,86,87,88,89,90,91,92,93,94,95,96,97,98,99);;/t43?,48?,52-,53-,60-;;/m1../s1. The highest BCUT2D eigenvalue weighted by atomic mass is 32.2. The maximum atomic E-state index is 13.9. The van der Waals surface area contributed by atoms with Gasteiger partial charge in [0.05, 0.1) is 40.9 Å². The van der Waals surface area contributed by atoms with Crippen LogP contribution in [-0.4, -0.2) is 200 Å². The minimum absolute atomic E-state index is 0.0145. The van der Waals surface area contributed by atoms with Crippen LogP contribution in [0.1, 0.15) is 141 Å². The highest BCUT2D eigenvalue weighted by Gasteiger charge is 2.48. The van der Waals surface area contributed by atoms with Gasteiger partial charge in [-0.2, -0.15) is 35.0 Å². The van der Waals surface area contributed by atoms with Crippen LogP contribution in [0.3, 0.4) is 0 Å². The maximum Gasteiger partial charge on any atom is 0.490 e. The van der Waals surface area contributed by atoms with Crippen LogP contribution in [0.5, 0.6) is 0 Å². The van der Waals surface area contributed by atoms with Gasteiger partial charge in [-0.1, -0.05) is 81.7 Å². The number of nitrogen functional groups attached to an aromatic ring is 1. The predicted octanol–water partition coefficient (Wildman–Crippen LogP) is 5.47. The van der Waals surface area contributed by atoms with E-state index < -0.39 is 190 Å². The second kappa shape index (κ2) is 42.2. The number of carboxylic acid groups (broad SMARTS) is 2. The zero-order valence-electron chi connectivity index (χ0n) is 63.4. The van der Waals surface area contributed by atoms with Crippen LogP contribution >= 0.6 is 23.5 Å². The summed E-state index contributed by atoms with van der Waals surface area (Å²) >= 11 is 0. The number of nitrogens with one attached hydrogen (secondary N) is 2. The number of amides is 2. The largest absolute Gasteiger partial charge is 0.748 e. The average molecular weight is 1820 g/mol. The number of unbranched alkanes of at least 4 members (excludes halogenated alkanes) is 5. The molecule has 0 radical (unpaired) electrons. The van der Waals surface area contributed by atoms with Crippen molar-refractivity contribution >= 4 is 149 Å². The molecule has 0 spiro atoms. The van der Waals surface area contributed by atoms with Crippen molar-refractivity contribution in [1.82, 2.24) is 20.2 Å². The number of rotatable bonds is 42. The lowest BCUT2D eigenvalue weighted by Gasteiger charge is -2.27. The molecule has 5 unspecified atom stereocenters. The van der Waals surface area contributed by atoms with E-state index in [4.69, 9.17) is 40.2 Å². The number of benzene rings is 4. The minimum atomic E-state index is -5.88. The number of aliphatic hydroxyl groups excluding tert-OH is 1. The Kier molecular flexibility index (Phi) is 35.2. The third-order valence-electron chi connectivity index (χ3n) is 18.7. The summed E-state index contributed by atoms with van der Waals surface area (Å²) in [4.78, 5) is 112. The first-order valence-electron chi connectivity index (χ1n) is 35.7. The van der Waals surface area contributed by atoms with E-state index in [9.17, 15) is 111 Å². The molecular formula is C68H88N7O35P3S5. The van der Waals surface area contributed by atoms with Crippen molar-refractivity contribution in [3.8, 4) is 0 Å². The molecular weight excluding hydrogens is 1730 g/mol. The third-order valence-corrected chi connectivity index (χ3v) is 25.6. The van der Waals surface area contributed by atoms with Gasteiger partial charge in [-0.15, -0.1) is 25.3 Å². The molecule has 4 heterocycles. The number of hydrogen-bond donors (Lipinski definition) is 11. The van der Waals surface area contributed by atoms with Crippen LogP contribution in [-0.2, 0) is 122 Å². The van der Waals surface area contributed by atoms with E-state index >= 15 is 0 Å². The van der Waals surface area contributed by atoms with Crippen molar-refractivity contribution < 1.29 is 159 Å². The molecule has 2 amide bonds. The van der Waals surface area contributed by atoms with E-state index in [-0.39, 0.29) is 97.3 Å². The fraction of sp³-hybridized carbons (Fsp3) is 0.471. The molecule has 0 bridgehead atoms. The van der Waals surface area contributed by atoms with Gasteiger partial charge in [-0.25, -0.2) is 26.9 Å². The number of carbonyl (C=O) groups is 5. The Morgan fingerprint density at radius 3 is 1.86 bits per heavy atom. The molecule has 4 aromatic carbocycles. The number of phosphoric acid groups is 3. The van der Waals surface area contributed by atoms with Crippen LogP contribution in [0.15, 0.2) is 124 Å². The Bertz CT molecular complexity index is 5530. The Morgan fingerprint density at radius 2 is 1.28 bits per heavy atom. The van der Waals surface area contributed by atoms with E-state index in [1.54, 1.807) is 54.6 Å². The monoisotopic (exact) mass is 1820 g/mol. The van der Waals surface area contributed by atoms with Crippen molar-refractivity contribution in [3.05, 3.63) is 131 Å². The fourth-order valence-corrected chi connectivity index (χ4v) is 19.2. The van der Waals surface area contributed by atoms with Gasteiger partial charge in [0, 0.05) is 115 Å². The molecule has 3 aliphatic rings. The van der Waals surface area contributed by atoms with Crippen molar-refractivity contribution in [2.45, 2.75) is 169 Å². The van der Waals surface area contributed by atoms with Gasteiger partial charge in [-0.05, 0) is 105 Å². The minimum Gasteiger partial charge on any atom is -0.748 e. The molecule has 8 atom stereocenters. The summed E-state index contributed by atoms with van der Waals surface area (Å²) in [6.07, 6.45) is 5.61. The topological polar surface area (TPSA) is 664 Å². The van der Waals surface area contributed by atoms with Crippen molar-refractivity contribution in [2.24, 2.45) is 5.92 Å².